The van der Waals surface area contributed by atoms with Gasteiger partial charge >= 0.3 is 12.1 Å². The zero-order valence-corrected chi connectivity index (χ0v) is 22.3. The Morgan fingerprint density at radius 3 is 2.28 bits per heavy atom. The molecule has 1 amide bonds. The number of alkyl halides is 1. The molecular formula is C26H40FNO7S. The minimum Gasteiger partial charge on any atom is -0.479 e. The molecule has 0 aromatic carbocycles. The topological polar surface area (TPSA) is 110 Å². The van der Waals surface area contributed by atoms with Crippen molar-refractivity contribution >= 4 is 22.2 Å². The normalized spacial score (nSPS) is 39.4. The molecule has 9 unspecified atom stereocenters. The maximum Gasteiger partial charge on any atom is 0.410 e. The third-order valence-corrected chi connectivity index (χ3v) is 12.1. The average molecular weight is 530 g/mol. The number of rotatable bonds is 8. The summed E-state index contributed by atoms with van der Waals surface area (Å²) >= 11 is 0. The number of halogens is 1. The van der Waals surface area contributed by atoms with Crippen LogP contribution in [0.1, 0.15) is 72.1 Å². The van der Waals surface area contributed by atoms with Crippen molar-refractivity contribution in [3.63, 3.8) is 0 Å². The molecule has 1 saturated heterocycles. The van der Waals surface area contributed by atoms with Crippen LogP contribution in [-0.2, 0) is 23.8 Å². The van der Waals surface area contributed by atoms with Crippen molar-refractivity contribution in [2.24, 2.45) is 41.4 Å². The van der Waals surface area contributed by atoms with E-state index in [9.17, 15) is 22.4 Å². The molecule has 36 heavy (non-hydrogen) atoms. The van der Waals surface area contributed by atoms with Gasteiger partial charge in [0, 0.05) is 19.0 Å². The van der Waals surface area contributed by atoms with Crippen molar-refractivity contribution in [3.05, 3.63) is 0 Å². The Kier molecular flexibility index (Phi) is 6.84. The standard InChI is InChI=1S/C26H40FNO7S/c1-4-26(13-17-12-19(26)21-16-6-5-15(11-16)20(17)21)34-25(31)28-9-7-18(8-10-28)36(32,33)35-23(14(2)3)22(27)24(29)30/h14-23H,4-13H2,1-3H3,(H,29,30). The highest BCUT2D eigenvalue weighted by Crippen LogP contribution is 2.70. The lowest BCUT2D eigenvalue weighted by molar-refractivity contribution is -0.147. The second-order valence-electron chi connectivity index (χ2n) is 12.3. The molecule has 10 heteroatoms. The molecule has 5 fully saturated rings. The van der Waals surface area contributed by atoms with E-state index in [-0.39, 0.29) is 32.0 Å². The van der Waals surface area contributed by atoms with Crippen molar-refractivity contribution in [3.8, 4) is 0 Å². The number of hydrogen-bond acceptors (Lipinski definition) is 6. The minimum absolute atomic E-state index is 0.145. The fourth-order valence-corrected chi connectivity index (χ4v) is 10.3. The number of carbonyl (C=O) groups excluding carboxylic acids is 1. The maximum absolute atomic E-state index is 14.1. The highest BCUT2D eigenvalue weighted by atomic mass is 32.2. The van der Waals surface area contributed by atoms with Crippen LogP contribution in [0.5, 0.6) is 0 Å². The first-order valence-electron chi connectivity index (χ1n) is 13.7. The van der Waals surface area contributed by atoms with Crippen molar-refractivity contribution < 1.29 is 36.4 Å². The summed E-state index contributed by atoms with van der Waals surface area (Å²) in [4.78, 5) is 25.9. The van der Waals surface area contributed by atoms with E-state index in [1.54, 1.807) is 4.90 Å². The number of fused-ring (bicyclic) bond motifs is 9. The van der Waals surface area contributed by atoms with Crippen LogP contribution in [0, 0.1) is 41.4 Å². The second-order valence-corrected chi connectivity index (χ2v) is 14.1. The predicted octanol–water partition coefficient (Wildman–Crippen LogP) is 4.23. The number of nitrogens with zero attached hydrogens (tertiary/aromatic N) is 1. The summed E-state index contributed by atoms with van der Waals surface area (Å²) < 4.78 is 51.1. The minimum atomic E-state index is -4.20. The summed E-state index contributed by atoms with van der Waals surface area (Å²) in [6, 6.07) is 0. The summed E-state index contributed by atoms with van der Waals surface area (Å²) in [5.41, 5.74) is -0.406. The van der Waals surface area contributed by atoms with E-state index >= 15 is 0 Å². The maximum atomic E-state index is 14.1. The third kappa shape index (κ3) is 4.24. The van der Waals surface area contributed by atoms with Gasteiger partial charge in [-0.05, 0) is 86.9 Å². The fourth-order valence-electron chi connectivity index (χ4n) is 8.73. The quantitative estimate of drug-likeness (QED) is 0.370. The predicted molar refractivity (Wildman–Crippen MR) is 129 cm³/mol. The molecule has 1 aliphatic heterocycles. The zero-order chi connectivity index (χ0) is 26.0. The monoisotopic (exact) mass is 529 g/mol. The van der Waals surface area contributed by atoms with Crippen molar-refractivity contribution in [2.45, 2.75) is 95.3 Å². The van der Waals surface area contributed by atoms with E-state index in [1.165, 1.54) is 39.5 Å². The van der Waals surface area contributed by atoms with Crippen molar-refractivity contribution in [1.29, 1.82) is 0 Å². The summed E-state index contributed by atoms with van der Waals surface area (Å²) in [7, 11) is -4.20. The first-order valence-corrected chi connectivity index (χ1v) is 15.2. The van der Waals surface area contributed by atoms with Crippen LogP contribution in [0.15, 0.2) is 0 Å². The number of carbonyl (C=O) groups is 2. The van der Waals surface area contributed by atoms with Crippen LogP contribution in [-0.4, -0.2) is 66.7 Å². The Hall–Kier alpha value is -1.42. The van der Waals surface area contributed by atoms with Crippen molar-refractivity contribution in [2.75, 3.05) is 13.1 Å². The Morgan fingerprint density at radius 2 is 1.69 bits per heavy atom. The van der Waals surface area contributed by atoms with Crippen molar-refractivity contribution in [1.82, 2.24) is 4.90 Å². The largest absolute Gasteiger partial charge is 0.479 e. The van der Waals surface area contributed by atoms with Gasteiger partial charge in [-0.3, -0.25) is 4.18 Å². The van der Waals surface area contributed by atoms with Gasteiger partial charge in [-0.25, -0.2) is 14.0 Å². The summed E-state index contributed by atoms with van der Waals surface area (Å²) in [6.45, 7) is 5.58. The molecule has 1 N–H and O–H groups in total. The Bertz CT molecular complexity index is 981. The summed E-state index contributed by atoms with van der Waals surface area (Å²) in [5, 5.41) is 8.06. The van der Waals surface area contributed by atoms with E-state index in [2.05, 4.69) is 6.92 Å². The number of carboxylic acid groups (broad SMARTS) is 1. The molecule has 4 saturated carbocycles. The van der Waals surface area contributed by atoms with Gasteiger partial charge in [0.25, 0.3) is 10.1 Å². The lowest BCUT2D eigenvalue weighted by Crippen LogP contribution is -2.51. The zero-order valence-electron chi connectivity index (χ0n) is 21.5. The molecule has 0 aromatic rings. The number of amides is 1. The molecular weight excluding hydrogens is 489 g/mol. The van der Waals surface area contributed by atoms with Gasteiger partial charge in [-0.2, -0.15) is 8.42 Å². The molecule has 204 valence electrons. The second kappa shape index (κ2) is 9.40. The van der Waals surface area contributed by atoms with Gasteiger partial charge in [0.15, 0.2) is 0 Å². The lowest BCUT2D eigenvalue weighted by atomic mass is 9.65. The average Bonchev–Trinajstić information content (AvgIpc) is 3.61. The molecule has 0 radical (unpaired) electrons. The highest BCUT2D eigenvalue weighted by Gasteiger charge is 2.68. The SMILES string of the molecule is CCC1(OC(=O)N2CCC(S(=O)(=O)OC(C(C)C)C(F)C(=O)O)CC2)CC2CC1C1C3CCC(C3)C21. The Labute approximate surface area is 213 Å². The molecule has 0 spiro atoms. The number of carboxylic acids is 1. The Balaban J connectivity index is 1.19. The van der Waals surface area contributed by atoms with Gasteiger partial charge in [0.05, 0.1) is 5.25 Å². The van der Waals surface area contributed by atoms with Crippen LogP contribution < -0.4 is 0 Å². The van der Waals surface area contributed by atoms with Gasteiger partial charge in [0.1, 0.15) is 11.7 Å². The number of aliphatic carboxylic acids is 1. The first kappa shape index (κ1) is 26.2. The molecule has 4 bridgehead atoms. The third-order valence-electron chi connectivity index (χ3n) is 10.3. The van der Waals surface area contributed by atoms with Crippen LogP contribution >= 0.6 is 0 Å². The Morgan fingerprint density at radius 1 is 1.06 bits per heavy atom. The van der Waals surface area contributed by atoms with Crippen LogP contribution in [0.2, 0.25) is 0 Å². The highest BCUT2D eigenvalue weighted by molar-refractivity contribution is 7.87. The molecule has 9 atom stereocenters. The lowest BCUT2D eigenvalue weighted by Gasteiger charge is -2.46. The molecule has 0 aromatic heterocycles. The molecule has 5 rings (SSSR count). The van der Waals surface area contributed by atoms with E-state index in [0.717, 1.165) is 30.6 Å². The van der Waals surface area contributed by atoms with Gasteiger partial charge in [-0.1, -0.05) is 20.8 Å². The molecule has 8 nitrogen and oxygen atoms in total. The molecule has 1 heterocycles. The molecule has 5 aliphatic rings. The van der Waals surface area contributed by atoms with E-state index < -0.39 is 45.1 Å². The van der Waals surface area contributed by atoms with Gasteiger partial charge in [-0.15, -0.1) is 0 Å². The van der Waals surface area contributed by atoms with E-state index in [4.69, 9.17) is 14.0 Å². The van der Waals surface area contributed by atoms with Crippen LogP contribution in [0.25, 0.3) is 0 Å². The number of ether oxygens (including phenoxy) is 1. The van der Waals surface area contributed by atoms with Crippen LogP contribution in [0.3, 0.4) is 0 Å². The van der Waals surface area contributed by atoms with E-state index in [1.807, 2.05) is 0 Å². The van der Waals surface area contributed by atoms with E-state index in [0.29, 0.717) is 17.8 Å². The van der Waals surface area contributed by atoms with Gasteiger partial charge in [0.2, 0.25) is 6.17 Å². The number of likely N-dealkylation sites (tertiary alicyclic amines) is 1. The first-order chi connectivity index (χ1) is 17.0. The smallest absolute Gasteiger partial charge is 0.410 e. The molecule has 4 aliphatic carbocycles. The fraction of sp³-hybridized carbons (Fsp3) is 0.923. The summed E-state index contributed by atoms with van der Waals surface area (Å²) in [5.74, 6) is 1.92. The number of hydrogen-bond donors (Lipinski definition) is 1. The van der Waals surface area contributed by atoms with Gasteiger partial charge < -0.3 is 14.7 Å². The van der Waals surface area contributed by atoms with Crippen LogP contribution in [0.4, 0.5) is 9.18 Å². The summed E-state index contributed by atoms with van der Waals surface area (Å²) in [6.07, 6.45) is 2.88. The number of piperidine rings is 1.